The van der Waals surface area contributed by atoms with Crippen molar-refractivity contribution in [2.24, 2.45) is 0 Å². The number of nitrogens with zero attached hydrogens (tertiary/aromatic N) is 2. The fraction of sp³-hybridized carbons (Fsp3) is 0.174. The van der Waals surface area contributed by atoms with E-state index in [1.807, 2.05) is 38.1 Å². The average molecular weight is 499 g/mol. The van der Waals surface area contributed by atoms with Crippen molar-refractivity contribution in [1.82, 2.24) is 4.98 Å². The molecule has 1 saturated heterocycles. The van der Waals surface area contributed by atoms with Crippen molar-refractivity contribution in [1.29, 1.82) is 0 Å². The van der Waals surface area contributed by atoms with Crippen molar-refractivity contribution in [3.05, 3.63) is 81.3 Å². The third-order valence-corrected chi connectivity index (χ3v) is 6.00. The molecule has 2 aromatic carbocycles. The van der Waals surface area contributed by atoms with E-state index in [1.165, 1.54) is 16.2 Å². The second-order valence-corrected chi connectivity index (χ2v) is 9.02. The topological polar surface area (TPSA) is 79.7 Å². The molecule has 0 radical (unpaired) electrons. The summed E-state index contributed by atoms with van der Waals surface area (Å²) in [7, 11) is 0. The van der Waals surface area contributed by atoms with Crippen LogP contribution in [0.3, 0.4) is 0 Å². The van der Waals surface area contributed by atoms with Gasteiger partial charge in [-0.2, -0.15) is 0 Å². The molecule has 3 aromatic rings. The van der Waals surface area contributed by atoms with Crippen molar-refractivity contribution in [2.75, 3.05) is 4.90 Å². The molecule has 8 heteroatoms. The fourth-order valence-electron chi connectivity index (χ4n) is 3.48. The molecule has 1 aliphatic rings. The number of ketones is 1. The van der Waals surface area contributed by atoms with E-state index in [9.17, 15) is 14.7 Å². The zero-order valence-electron chi connectivity index (χ0n) is 16.8. The minimum atomic E-state index is -0.796. The van der Waals surface area contributed by atoms with Gasteiger partial charge in [0.15, 0.2) is 5.13 Å². The van der Waals surface area contributed by atoms with Crippen molar-refractivity contribution >= 4 is 49.8 Å². The summed E-state index contributed by atoms with van der Waals surface area (Å²) in [6, 6.07) is 13.3. The van der Waals surface area contributed by atoms with E-state index in [2.05, 4.69) is 20.9 Å². The number of hydrogen-bond donors (Lipinski definition) is 1. The van der Waals surface area contributed by atoms with Gasteiger partial charge in [-0.05, 0) is 55.8 Å². The van der Waals surface area contributed by atoms with E-state index in [0.717, 1.165) is 4.47 Å². The van der Waals surface area contributed by atoms with Crippen LogP contribution in [0.4, 0.5) is 5.13 Å². The molecule has 6 nitrogen and oxygen atoms in total. The van der Waals surface area contributed by atoms with Gasteiger partial charge in [0, 0.05) is 21.6 Å². The van der Waals surface area contributed by atoms with Crippen molar-refractivity contribution in [3.8, 4) is 5.75 Å². The van der Waals surface area contributed by atoms with E-state index in [4.69, 9.17) is 4.74 Å². The predicted octanol–water partition coefficient (Wildman–Crippen LogP) is 5.32. The summed E-state index contributed by atoms with van der Waals surface area (Å²) in [6.45, 7) is 3.85. The van der Waals surface area contributed by atoms with Gasteiger partial charge in [0.1, 0.15) is 11.5 Å². The minimum absolute atomic E-state index is 0.0135. The molecule has 0 aliphatic carbocycles. The van der Waals surface area contributed by atoms with Gasteiger partial charge < -0.3 is 9.84 Å². The zero-order valence-corrected chi connectivity index (χ0v) is 19.2. The van der Waals surface area contributed by atoms with Crippen LogP contribution in [-0.4, -0.2) is 27.9 Å². The number of Topliss-reactive ketones (excluding diaryl/α,β-unsaturated/α-hetero) is 1. The number of rotatable bonds is 5. The lowest BCUT2D eigenvalue weighted by atomic mass is 9.95. The number of thiazole rings is 1. The van der Waals surface area contributed by atoms with E-state index < -0.39 is 17.7 Å². The predicted molar refractivity (Wildman–Crippen MR) is 123 cm³/mol. The second-order valence-electron chi connectivity index (χ2n) is 7.23. The first-order valence-corrected chi connectivity index (χ1v) is 11.3. The van der Waals surface area contributed by atoms with Crippen LogP contribution in [-0.2, 0) is 9.59 Å². The van der Waals surface area contributed by atoms with Crippen LogP contribution in [0.15, 0.2) is 70.2 Å². The summed E-state index contributed by atoms with van der Waals surface area (Å²) >= 11 is 4.70. The summed E-state index contributed by atoms with van der Waals surface area (Å²) in [5.74, 6) is -1.06. The first kappa shape index (κ1) is 21.3. The number of carbonyl (C=O) groups is 2. The number of ether oxygens (including phenoxy) is 1. The maximum absolute atomic E-state index is 13.0. The Morgan fingerprint density at radius 2 is 1.94 bits per heavy atom. The van der Waals surface area contributed by atoms with Crippen molar-refractivity contribution in [2.45, 2.75) is 26.0 Å². The van der Waals surface area contributed by atoms with Gasteiger partial charge in [0.25, 0.3) is 5.78 Å². The number of aliphatic hydroxyl groups is 1. The maximum atomic E-state index is 13.0. The van der Waals surface area contributed by atoms with Gasteiger partial charge in [-0.1, -0.05) is 28.1 Å². The molecule has 1 aromatic heterocycles. The number of aliphatic hydroxyl groups excluding tert-OH is 1. The van der Waals surface area contributed by atoms with Crippen LogP contribution in [0.5, 0.6) is 5.75 Å². The Kier molecular flexibility index (Phi) is 5.93. The summed E-state index contributed by atoms with van der Waals surface area (Å²) in [5, 5.41) is 13.2. The van der Waals surface area contributed by atoms with Gasteiger partial charge in [-0.25, -0.2) is 4.98 Å². The van der Waals surface area contributed by atoms with E-state index in [0.29, 0.717) is 22.0 Å². The Bertz CT molecular complexity index is 1160. The van der Waals surface area contributed by atoms with Gasteiger partial charge in [0.05, 0.1) is 17.7 Å². The van der Waals surface area contributed by atoms with E-state index >= 15 is 0 Å². The molecule has 1 fully saturated rings. The van der Waals surface area contributed by atoms with Gasteiger partial charge >= 0.3 is 5.91 Å². The summed E-state index contributed by atoms with van der Waals surface area (Å²) < 4.78 is 6.44. The zero-order chi connectivity index (χ0) is 22.1. The van der Waals surface area contributed by atoms with Crippen LogP contribution in [0.25, 0.3) is 5.76 Å². The molecule has 1 amide bonds. The Morgan fingerprint density at radius 1 is 1.19 bits per heavy atom. The smallest absolute Gasteiger partial charge is 0.301 e. The molecule has 0 saturated carbocycles. The van der Waals surface area contributed by atoms with E-state index in [-0.39, 0.29) is 17.4 Å². The monoisotopic (exact) mass is 498 g/mol. The number of carbonyl (C=O) groups excluding carboxylic acids is 2. The van der Waals surface area contributed by atoms with Crippen LogP contribution < -0.4 is 9.64 Å². The highest BCUT2D eigenvalue weighted by molar-refractivity contribution is 9.10. The third kappa shape index (κ3) is 4.13. The largest absolute Gasteiger partial charge is 0.507 e. The molecule has 158 valence electrons. The van der Waals surface area contributed by atoms with Crippen LogP contribution in [0, 0.1) is 0 Å². The summed E-state index contributed by atoms with van der Waals surface area (Å²) in [6.07, 6.45) is 1.59. The lowest BCUT2D eigenvalue weighted by Crippen LogP contribution is -2.29. The first-order valence-electron chi connectivity index (χ1n) is 9.60. The van der Waals surface area contributed by atoms with Crippen molar-refractivity contribution < 1.29 is 19.4 Å². The van der Waals surface area contributed by atoms with E-state index in [1.54, 1.807) is 35.8 Å². The second kappa shape index (κ2) is 8.64. The molecular weight excluding hydrogens is 480 g/mol. The normalized spacial score (nSPS) is 18.1. The molecule has 1 atom stereocenters. The molecule has 31 heavy (non-hydrogen) atoms. The fourth-order valence-corrected chi connectivity index (χ4v) is 4.56. The number of aromatic nitrogens is 1. The quantitative estimate of drug-likeness (QED) is 0.292. The summed E-state index contributed by atoms with van der Waals surface area (Å²) in [5.41, 5.74) is 1.13. The molecule has 0 spiro atoms. The highest BCUT2D eigenvalue weighted by Gasteiger charge is 2.48. The van der Waals surface area contributed by atoms with Gasteiger partial charge in [-0.15, -0.1) is 11.3 Å². The molecule has 1 unspecified atom stereocenters. The lowest BCUT2D eigenvalue weighted by molar-refractivity contribution is -0.132. The molecule has 2 heterocycles. The number of halogens is 1. The van der Waals surface area contributed by atoms with Crippen molar-refractivity contribution in [3.63, 3.8) is 0 Å². The third-order valence-electron chi connectivity index (χ3n) is 4.73. The SMILES string of the molecule is CC(C)Oc1ccc(/C(O)=C2/C(=O)C(=O)N(c3nccs3)C2c2cccc(Br)c2)cc1. The number of anilines is 1. The minimum Gasteiger partial charge on any atom is -0.507 e. The molecule has 1 N–H and O–H groups in total. The Balaban J connectivity index is 1.85. The van der Waals surface area contributed by atoms with Crippen LogP contribution in [0.2, 0.25) is 0 Å². The number of hydrogen-bond acceptors (Lipinski definition) is 6. The number of benzene rings is 2. The maximum Gasteiger partial charge on any atom is 0.301 e. The lowest BCUT2D eigenvalue weighted by Gasteiger charge is -2.23. The van der Waals surface area contributed by atoms with Gasteiger partial charge in [-0.3, -0.25) is 14.5 Å². The Morgan fingerprint density at radius 3 is 2.55 bits per heavy atom. The highest BCUT2D eigenvalue weighted by atomic mass is 79.9. The molecule has 1 aliphatic heterocycles. The molecule has 0 bridgehead atoms. The standard InChI is InChI=1S/C23H19BrN2O4S/c1-13(2)30-17-8-6-14(7-9-17)20(27)18-19(15-4-3-5-16(24)12-15)26(22(29)21(18)28)23-25-10-11-31-23/h3-13,19,27H,1-2H3/b20-18-. The first-order chi connectivity index (χ1) is 14.9. The average Bonchev–Trinajstić information content (AvgIpc) is 3.35. The Labute approximate surface area is 191 Å². The summed E-state index contributed by atoms with van der Waals surface area (Å²) in [4.78, 5) is 31.6. The Hall–Kier alpha value is -2.97. The molecular formula is C23H19BrN2O4S. The van der Waals surface area contributed by atoms with Gasteiger partial charge in [0.2, 0.25) is 0 Å². The molecule has 4 rings (SSSR count). The van der Waals surface area contributed by atoms with Crippen LogP contribution in [0.1, 0.15) is 31.0 Å². The highest BCUT2D eigenvalue weighted by Crippen LogP contribution is 2.43. The number of amides is 1. The van der Waals surface area contributed by atoms with Crippen LogP contribution >= 0.6 is 27.3 Å².